The van der Waals surface area contributed by atoms with Gasteiger partial charge in [0.2, 0.25) is 0 Å². The Hall–Kier alpha value is -1.08. The van der Waals surface area contributed by atoms with Crippen LogP contribution < -0.4 is 5.32 Å². The Morgan fingerprint density at radius 3 is 3.00 bits per heavy atom. The zero-order valence-corrected chi connectivity index (χ0v) is 8.29. The van der Waals surface area contributed by atoms with Crippen LogP contribution in [0.25, 0.3) is 0 Å². The average molecular weight is 185 g/mol. The summed E-state index contributed by atoms with van der Waals surface area (Å²) in [6.07, 6.45) is 4.97. The number of fused-ring (bicyclic) bond motifs is 1. The van der Waals surface area contributed by atoms with Crippen molar-refractivity contribution in [2.24, 2.45) is 0 Å². The third kappa shape index (κ3) is 1.28. The van der Waals surface area contributed by atoms with Crippen LogP contribution >= 0.6 is 0 Å². The fourth-order valence-electron chi connectivity index (χ4n) is 2.46. The van der Waals surface area contributed by atoms with Gasteiger partial charge in [-0.3, -0.25) is 0 Å². The van der Waals surface area contributed by atoms with E-state index in [1.54, 1.807) is 16.7 Å². The van der Waals surface area contributed by atoms with Crippen molar-refractivity contribution in [1.82, 2.24) is 5.32 Å². The molecule has 1 aromatic carbocycles. The Morgan fingerprint density at radius 1 is 1.29 bits per heavy atom. The standard InChI is InChI=1S/C13H15N/c1-2-4-13-11(3-1)8-12(13)7-10-5-6-14-9-10/h1-4,7,12,14H,5-6,8-9H2/b10-7+. The molecule has 0 saturated carbocycles. The smallest absolute Gasteiger partial charge is 0.0165 e. The van der Waals surface area contributed by atoms with Gasteiger partial charge in [0.05, 0.1) is 0 Å². The van der Waals surface area contributed by atoms with E-state index in [1.165, 1.54) is 19.4 Å². The molecular weight excluding hydrogens is 170 g/mol. The highest BCUT2D eigenvalue weighted by Gasteiger charge is 2.23. The molecule has 0 amide bonds. The molecule has 1 nitrogen and oxygen atoms in total. The maximum absolute atomic E-state index is 3.38. The van der Waals surface area contributed by atoms with Crippen molar-refractivity contribution in [3.05, 3.63) is 47.0 Å². The first kappa shape index (κ1) is 8.25. The second-order valence-electron chi connectivity index (χ2n) is 4.26. The number of rotatable bonds is 1. The van der Waals surface area contributed by atoms with Gasteiger partial charge in [-0.15, -0.1) is 0 Å². The van der Waals surface area contributed by atoms with Crippen molar-refractivity contribution in [2.45, 2.75) is 18.8 Å². The summed E-state index contributed by atoms with van der Waals surface area (Å²) < 4.78 is 0. The Bertz CT molecular complexity index is 371. The van der Waals surface area contributed by atoms with Gasteiger partial charge in [0.1, 0.15) is 0 Å². The van der Waals surface area contributed by atoms with Crippen molar-refractivity contribution >= 4 is 0 Å². The second-order valence-corrected chi connectivity index (χ2v) is 4.26. The third-order valence-electron chi connectivity index (χ3n) is 3.31. The molecule has 1 aliphatic carbocycles. The van der Waals surface area contributed by atoms with Crippen LogP contribution in [0.3, 0.4) is 0 Å². The second kappa shape index (κ2) is 3.25. The van der Waals surface area contributed by atoms with E-state index < -0.39 is 0 Å². The molecule has 0 aromatic heterocycles. The van der Waals surface area contributed by atoms with Crippen LogP contribution in [0.5, 0.6) is 0 Å². The van der Waals surface area contributed by atoms with Gasteiger partial charge >= 0.3 is 0 Å². The van der Waals surface area contributed by atoms with Gasteiger partial charge in [-0.1, -0.05) is 35.9 Å². The molecule has 0 radical (unpaired) electrons. The van der Waals surface area contributed by atoms with E-state index in [-0.39, 0.29) is 0 Å². The van der Waals surface area contributed by atoms with Crippen molar-refractivity contribution in [3.63, 3.8) is 0 Å². The van der Waals surface area contributed by atoms with Crippen LogP contribution in [-0.2, 0) is 6.42 Å². The topological polar surface area (TPSA) is 12.0 Å². The highest BCUT2D eigenvalue weighted by Crippen LogP contribution is 2.36. The largest absolute Gasteiger partial charge is 0.313 e. The van der Waals surface area contributed by atoms with Crippen molar-refractivity contribution in [2.75, 3.05) is 13.1 Å². The van der Waals surface area contributed by atoms with Gasteiger partial charge in [-0.2, -0.15) is 0 Å². The van der Waals surface area contributed by atoms with Crippen LogP contribution in [-0.4, -0.2) is 13.1 Å². The molecule has 2 aliphatic rings. The quantitative estimate of drug-likeness (QED) is 0.662. The SMILES string of the molecule is C(=C1/CCNC1)/C1Cc2ccccc21. The lowest BCUT2D eigenvalue weighted by Gasteiger charge is -2.28. The zero-order chi connectivity index (χ0) is 9.38. The fraction of sp³-hybridized carbons (Fsp3) is 0.385. The molecule has 1 N–H and O–H groups in total. The molecule has 3 rings (SSSR count). The minimum absolute atomic E-state index is 0.709. The van der Waals surface area contributed by atoms with Crippen LogP contribution in [0.2, 0.25) is 0 Å². The summed E-state index contributed by atoms with van der Waals surface area (Å²) in [7, 11) is 0. The molecule has 1 atom stereocenters. The zero-order valence-electron chi connectivity index (χ0n) is 8.29. The molecule has 1 aliphatic heterocycles. The van der Waals surface area contributed by atoms with Crippen LogP contribution in [0.1, 0.15) is 23.5 Å². The van der Waals surface area contributed by atoms with E-state index >= 15 is 0 Å². The molecule has 1 aromatic rings. The first-order valence-electron chi connectivity index (χ1n) is 5.41. The summed E-state index contributed by atoms with van der Waals surface area (Å²) in [6.45, 7) is 2.28. The summed E-state index contributed by atoms with van der Waals surface area (Å²) in [6, 6.07) is 8.80. The molecule has 14 heavy (non-hydrogen) atoms. The first-order valence-corrected chi connectivity index (χ1v) is 5.41. The Balaban J connectivity index is 1.82. The lowest BCUT2D eigenvalue weighted by Crippen LogP contribution is -2.15. The predicted octanol–water partition coefficient (Wildman–Crippen LogP) is 2.25. The van der Waals surface area contributed by atoms with Crippen LogP contribution in [0.15, 0.2) is 35.9 Å². The molecule has 1 unspecified atom stereocenters. The number of nitrogens with one attached hydrogen (secondary N) is 1. The van der Waals surface area contributed by atoms with E-state index in [4.69, 9.17) is 0 Å². The summed E-state index contributed by atoms with van der Waals surface area (Å²) in [4.78, 5) is 0. The van der Waals surface area contributed by atoms with Crippen molar-refractivity contribution in [1.29, 1.82) is 0 Å². The molecule has 1 fully saturated rings. The van der Waals surface area contributed by atoms with Gasteiger partial charge in [0.15, 0.2) is 0 Å². The summed E-state index contributed by atoms with van der Waals surface area (Å²) in [5.41, 5.74) is 4.69. The monoisotopic (exact) mass is 185 g/mol. The van der Waals surface area contributed by atoms with E-state index in [2.05, 4.69) is 35.7 Å². The number of hydrogen-bond acceptors (Lipinski definition) is 1. The number of allylic oxidation sites excluding steroid dienone is 1. The van der Waals surface area contributed by atoms with Gasteiger partial charge in [-0.25, -0.2) is 0 Å². The maximum Gasteiger partial charge on any atom is 0.0165 e. The summed E-state index contributed by atoms with van der Waals surface area (Å²) in [5, 5.41) is 3.38. The molecule has 72 valence electrons. The highest BCUT2D eigenvalue weighted by atomic mass is 14.9. The van der Waals surface area contributed by atoms with E-state index in [1.807, 2.05) is 0 Å². The molecule has 0 bridgehead atoms. The number of benzene rings is 1. The van der Waals surface area contributed by atoms with E-state index in [9.17, 15) is 0 Å². The molecule has 1 saturated heterocycles. The molecular formula is C13H15N. The molecule has 0 spiro atoms. The third-order valence-corrected chi connectivity index (χ3v) is 3.31. The minimum Gasteiger partial charge on any atom is -0.313 e. The molecule has 1 heteroatoms. The van der Waals surface area contributed by atoms with Gasteiger partial charge in [0.25, 0.3) is 0 Å². The van der Waals surface area contributed by atoms with Crippen molar-refractivity contribution < 1.29 is 0 Å². The van der Waals surface area contributed by atoms with Crippen molar-refractivity contribution in [3.8, 4) is 0 Å². The maximum atomic E-state index is 3.38. The lowest BCUT2D eigenvalue weighted by atomic mass is 9.77. The number of hydrogen-bond donors (Lipinski definition) is 1. The Labute approximate surface area is 84.8 Å². The fourth-order valence-corrected chi connectivity index (χ4v) is 2.46. The molecule has 1 heterocycles. The minimum atomic E-state index is 0.709. The first-order chi connectivity index (χ1) is 6.93. The van der Waals surface area contributed by atoms with Crippen LogP contribution in [0, 0.1) is 0 Å². The van der Waals surface area contributed by atoms with Gasteiger partial charge in [0, 0.05) is 12.5 Å². The Morgan fingerprint density at radius 2 is 2.21 bits per heavy atom. The van der Waals surface area contributed by atoms with E-state index in [0.717, 1.165) is 6.54 Å². The van der Waals surface area contributed by atoms with Gasteiger partial charge < -0.3 is 5.32 Å². The summed E-state index contributed by atoms with van der Waals surface area (Å²) in [5.74, 6) is 0.709. The highest BCUT2D eigenvalue weighted by molar-refractivity contribution is 5.43. The normalized spacial score (nSPS) is 27.4. The average Bonchev–Trinajstić information content (AvgIpc) is 2.67. The van der Waals surface area contributed by atoms with Crippen LogP contribution in [0.4, 0.5) is 0 Å². The van der Waals surface area contributed by atoms with Gasteiger partial charge in [-0.05, 0) is 30.5 Å². The Kier molecular flexibility index (Phi) is 1.91. The summed E-state index contributed by atoms with van der Waals surface area (Å²) >= 11 is 0. The predicted molar refractivity (Wildman–Crippen MR) is 58.5 cm³/mol. The lowest BCUT2D eigenvalue weighted by molar-refractivity contribution is 0.724. The van der Waals surface area contributed by atoms with E-state index in [0.29, 0.717) is 5.92 Å².